The number of carbonyl (C=O) groups excluding carboxylic acids is 2. The molecule has 2 aliphatic rings. The molecule has 1 amide bonds. The molecule has 118 valence electrons. The highest BCUT2D eigenvalue weighted by molar-refractivity contribution is 8.03. The van der Waals surface area contributed by atoms with E-state index in [9.17, 15) is 14.9 Å². The summed E-state index contributed by atoms with van der Waals surface area (Å²) in [6.07, 6.45) is 0.311. The van der Waals surface area contributed by atoms with Gasteiger partial charge in [0.05, 0.1) is 35.3 Å². The molecule has 0 bridgehead atoms. The van der Waals surface area contributed by atoms with E-state index in [1.165, 1.54) is 35.1 Å². The van der Waals surface area contributed by atoms with Gasteiger partial charge in [-0.3, -0.25) is 9.69 Å². The van der Waals surface area contributed by atoms with Gasteiger partial charge in [0, 0.05) is 17.1 Å². The van der Waals surface area contributed by atoms with Crippen LogP contribution >= 0.6 is 23.1 Å². The Morgan fingerprint density at radius 3 is 2.96 bits per heavy atom. The molecule has 1 fully saturated rings. The minimum atomic E-state index is -0.629. The van der Waals surface area contributed by atoms with Gasteiger partial charge < -0.3 is 10.5 Å². The number of esters is 1. The third-order valence-electron chi connectivity index (χ3n) is 3.69. The summed E-state index contributed by atoms with van der Waals surface area (Å²) in [5.74, 6) is -0.793. The number of rotatable bonds is 2. The molecule has 3 rings (SSSR count). The highest BCUT2D eigenvalue weighted by Crippen LogP contribution is 2.47. The van der Waals surface area contributed by atoms with Crippen LogP contribution in [0.5, 0.6) is 0 Å². The second kappa shape index (κ2) is 6.10. The third kappa shape index (κ3) is 2.42. The molecule has 1 atom stereocenters. The summed E-state index contributed by atoms with van der Waals surface area (Å²) in [5, 5.41) is 12.1. The Bertz CT molecular complexity index is 774. The molecular formula is C15H13N3O3S2. The molecule has 1 aromatic heterocycles. The summed E-state index contributed by atoms with van der Waals surface area (Å²) in [5.41, 5.74) is 6.65. The molecule has 6 nitrogen and oxygen atoms in total. The topological polar surface area (TPSA) is 96.4 Å². The Morgan fingerprint density at radius 1 is 1.57 bits per heavy atom. The van der Waals surface area contributed by atoms with Crippen molar-refractivity contribution >= 4 is 35.0 Å². The Balaban J connectivity index is 2.26. The van der Waals surface area contributed by atoms with Crippen molar-refractivity contribution in [3.63, 3.8) is 0 Å². The SMILES string of the molecule is COC(=O)C1=C(N)N2C(=O)CCSC2=C(C#N)C1c1cccs1. The van der Waals surface area contributed by atoms with Crippen LogP contribution in [-0.4, -0.2) is 29.6 Å². The fourth-order valence-corrected chi connectivity index (χ4v) is 4.65. The first-order valence-electron chi connectivity index (χ1n) is 6.81. The number of hydrogen-bond donors (Lipinski definition) is 1. The maximum atomic E-state index is 12.3. The van der Waals surface area contributed by atoms with Crippen molar-refractivity contribution < 1.29 is 14.3 Å². The predicted octanol–water partition coefficient (Wildman–Crippen LogP) is 1.89. The number of thioether (sulfide) groups is 1. The first-order chi connectivity index (χ1) is 11.1. The summed E-state index contributed by atoms with van der Waals surface area (Å²) in [6, 6.07) is 5.85. The Kier molecular flexibility index (Phi) is 4.15. The Morgan fingerprint density at radius 2 is 2.35 bits per heavy atom. The molecule has 23 heavy (non-hydrogen) atoms. The van der Waals surface area contributed by atoms with Crippen LogP contribution in [0.1, 0.15) is 17.2 Å². The molecule has 0 saturated carbocycles. The van der Waals surface area contributed by atoms with Crippen molar-refractivity contribution in [2.24, 2.45) is 5.73 Å². The molecule has 0 aromatic carbocycles. The van der Waals surface area contributed by atoms with Gasteiger partial charge in [-0.2, -0.15) is 5.26 Å². The van der Waals surface area contributed by atoms with Crippen molar-refractivity contribution in [3.8, 4) is 6.07 Å². The van der Waals surface area contributed by atoms with Gasteiger partial charge in [0.15, 0.2) is 0 Å². The molecular weight excluding hydrogens is 334 g/mol. The lowest BCUT2D eigenvalue weighted by molar-refractivity contribution is -0.136. The standard InChI is InChI=1S/C15H13N3O3S2/c1-21-15(20)12-11(9-3-2-5-22-9)8(7-16)14-18(13(12)17)10(19)4-6-23-14/h2-3,5,11H,4,6,17H2,1H3. The van der Waals surface area contributed by atoms with Crippen LogP contribution in [0.4, 0.5) is 0 Å². The molecule has 0 aliphatic carbocycles. The monoisotopic (exact) mass is 347 g/mol. The van der Waals surface area contributed by atoms with Gasteiger partial charge in [0.2, 0.25) is 5.91 Å². The van der Waals surface area contributed by atoms with Crippen LogP contribution in [0.25, 0.3) is 0 Å². The van der Waals surface area contributed by atoms with E-state index in [-0.39, 0.29) is 17.3 Å². The van der Waals surface area contributed by atoms with Gasteiger partial charge in [-0.15, -0.1) is 23.1 Å². The molecule has 0 spiro atoms. The van der Waals surface area contributed by atoms with Gasteiger partial charge in [-0.1, -0.05) is 6.07 Å². The van der Waals surface area contributed by atoms with Crippen molar-refractivity contribution in [3.05, 3.63) is 44.4 Å². The molecule has 3 heterocycles. The van der Waals surface area contributed by atoms with E-state index in [2.05, 4.69) is 6.07 Å². The van der Waals surface area contributed by atoms with Gasteiger partial charge in [0.25, 0.3) is 0 Å². The maximum absolute atomic E-state index is 12.3. The molecule has 8 heteroatoms. The molecule has 2 N–H and O–H groups in total. The number of amides is 1. The van der Waals surface area contributed by atoms with E-state index in [1.54, 1.807) is 0 Å². The van der Waals surface area contributed by atoms with Gasteiger partial charge in [-0.25, -0.2) is 4.79 Å². The van der Waals surface area contributed by atoms with Crippen molar-refractivity contribution in [1.82, 2.24) is 4.90 Å². The minimum absolute atomic E-state index is 0.0569. The van der Waals surface area contributed by atoms with Crippen molar-refractivity contribution in [2.75, 3.05) is 12.9 Å². The van der Waals surface area contributed by atoms with Crippen molar-refractivity contribution in [1.29, 1.82) is 5.26 Å². The summed E-state index contributed by atoms with van der Waals surface area (Å²) >= 11 is 2.84. The first kappa shape index (κ1) is 15.6. The molecule has 2 aliphatic heterocycles. The maximum Gasteiger partial charge on any atom is 0.338 e. The van der Waals surface area contributed by atoms with Crippen LogP contribution < -0.4 is 5.73 Å². The number of methoxy groups -OCH3 is 1. The van der Waals surface area contributed by atoms with Crippen LogP contribution in [0.2, 0.25) is 0 Å². The normalized spacial score (nSPS) is 21.1. The number of ether oxygens (including phenoxy) is 1. The minimum Gasteiger partial charge on any atom is -0.466 e. The van der Waals surface area contributed by atoms with E-state index < -0.39 is 11.9 Å². The lowest BCUT2D eigenvalue weighted by Crippen LogP contribution is -2.42. The number of fused-ring (bicyclic) bond motifs is 1. The highest BCUT2D eigenvalue weighted by Gasteiger charge is 2.43. The average Bonchev–Trinajstić information content (AvgIpc) is 3.08. The summed E-state index contributed by atoms with van der Waals surface area (Å²) < 4.78 is 4.85. The predicted molar refractivity (Wildman–Crippen MR) is 86.8 cm³/mol. The third-order valence-corrected chi connectivity index (χ3v) is 5.71. The number of carbonyl (C=O) groups is 2. The zero-order chi connectivity index (χ0) is 16.6. The Hall–Kier alpha value is -2.24. The summed E-state index contributed by atoms with van der Waals surface area (Å²) in [6.45, 7) is 0. The lowest BCUT2D eigenvalue weighted by atomic mass is 9.87. The lowest BCUT2D eigenvalue weighted by Gasteiger charge is -2.37. The molecule has 1 saturated heterocycles. The zero-order valence-corrected chi connectivity index (χ0v) is 13.9. The second-order valence-corrected chi connectivity index (χ2v) is 6.96. The molecule has 1 aromatic rings. The van der Waals surface area contributed by atoms with Crippen molar-refractivity contribution in [2.45, 2.75) is 12.3 Å². The number of nitriles is 1. The molecule has 1 unspecified atom stereocenters. The van der Waals surface area contributed by atoms with E-state index in [0.29, 0.717) is 22.8 Å². The van der Waals surface area contributed by atoms with Crippen LogP contribution in [0.15, 0.2) is 39.5 Å². The highest BCUT2D eigenvalue weighted by atomic mass is 32.2. The Labute approximate surface area is 141 Å². The zero-order valence-electron chi connectivity index (χ0n) is 12.2. The van der Waals surface area contributed by atoms with Gasteiger partial charge in [0.1, 0.15) is 5.82 Å². The van der Waals surface area contributed by atoms with Gasteiger partial charge in [-0.05, 0) is 11.4 Å². The number of nitrogens with zero attached hydrogens (tertiary/aromatic N) is 2. The average molecular weight is 347 g/mol. The fraction of sp³-hybridized carbons (Fsp3) is 0.267. The molecule has 0 radical (unpaired) electrons. The number of hydrogen-bond acceptors (Lipinski definition) is 7. The van der Waals surface area contributed by atoms with E-state index >= 15 is 0 Å². The van der Waals surface area contributed by atoms with E-state index in [0.717, 1.165) is 4.88 Å². The van der Waals surface area contributed by atoms with E-state index in [1.807, 2.05) is 17.5 Å². The number of thiophene rings is 1. The fourth-order valence-electron chi connectivity index (χ4n) is 2.69. The second-order valence-electron chi connectivity index (χ2n) is 4.90. The smallest absolute Gasteiger partial charge is 0.338 e. The number of allylic oxidation sites excluding steroid dienone is 1. The van der Waals surface area contributed by atoms with E-state index in [4.69, 9.17) is 10.5 Å². The summed E-state index contributed by atoms with van der Waals surface area (Å²) in [7, 11) is 1.26. The van der Waals surface area contributed by atoms with Gasteiger partial charge >= 0.3 is 5.97 Å². The number of nitrogens with two attached hydrogens (primary N) is 1. The van der Waals surface area contributed by atoms with Crippen LogP contribution in [0.3, 0.4) is 0 Å². The quantitative estimate of drug-likeness (QED) is 0.821. The summed E-state index contributed by atoms with van der Waals surface area (Å²) in [4.78, 5) is 26.6. The largest absolute Gasteiger partial charge is 0.466 e. The van der Waals surface area contributed by atoms with Crippen LogP contribution in [-0.2, 0) is 14.3 Å². The first-order valence-corrected chi connectivity index (χ1v) is 8.68. The van der Waals surface area contributed by atoms with Crippen LogP contribution in [0, 0.1) is 11.3 Å².